The van der Waals surface area contributed by atoms with E-state index in [2.05, 4.69) is 15.9 Å². The molecule has 0 saturated carbocycles. The molecule has 0 fully saturated rings. The number of hydrogen-bond acceptors (Lipinski definition) is 3. The van der Waals surface area contributed by atoms with Gasteiger partial charge in [-0.1, -0.05) is 20.8 Å². The quantitative estimate of drug-likeness (QED) is 0.699. The van der Waals surface area contributed by atoms with E-state index in [0.29, 0.717) is 4.48 Å². The van der Waals surface area contributed by atoms with Crippen LogP contribution in [0.15, 0.2) is 22.2 Å². The van der Waals surface area contributed by atoms with Gasteiger partial charge >= 0.3 is 5.97 Å². The van der Waals surface area contributed by atoms with E-state index in [1.807, 2.05) is 20.8 Å². The topological polar surface area (TPSA) is 43.4 Å². The normalized spacial score (nSPS) is 25.2. The summed E-state index contributed by atoms with van der Waals surface area (Å²) >= 11 is 3.23. The van der Waals surface area contributed by atoms with E-state index in [1.165, 1.54) is 6.92 Å². The maximum atomic E-state index is 12.0. The van der Waals surface area contributed by atoms with Gasteiger partial charge in [-0.25, -0.2) is 0 Å². The first-order valence-corrected chi connectivity index (χ1v) is 6.20. The molecule has 0 saturated heterocycles. The van der Waals surface area contributed by atoms with Gasteiger partial charge in [0.1, 0.15) is 0 Å². The number of halogens is 1. The highest BCUT2D eigenvalue weighted by atomic mass is 79.9. The summed E-state index contributed by atoms with van der Waals surface area (Å²) in [5, 5.41) is 0. The van der Waals surface area contributed by atoms with Crippen LogP contribution in [0.5, 0.6) is 0 Å². The average molecular weight is 301 g/mol. The molecule has 0 aromatic heterocycles. The lowest BCUT2D eigenvalue weighted by molar-refractivity contribution is -0.157. The van der Waals surface area contributed by atoms with Crippen LogP contribution in [0.25, 0.3) is 0 Å². The predicted octanol–water partition coefficient (Wildman–Crippen LogP) is 3.14. The Kier molecular flexibility index (Phi) is 3.67. The summed E-state index contributed by atoms with van der Waals surface area (Å²) in [5.41, 5.74) is -0.351. The molecule has 0 spiro atoms. The third kappa shape index (κ3) is 3.06. The lowest BCUT2D eigenvalue weighted by Crippen LogP contribution is -2.41. The Morgan fingerprint density at radius 2 is 1.94 bits per heavy atom. The van der Waals surface area contributed by atoms with Crippen LogP contribution in [0, 0.1) is 5.41 Å². The Bertz CT molecular complexity index is 426. The highest BCUT2D eigenvalue weighted by Gasteiger charge is 2.40. The van der Waals surface area contributed by atoms with Gasteiger partial charge in [0.2, 0.25) is 5.78 Å². The molecule has 4 heteroatoms. The Balaban J connectivity index is 3.24. The average Bonchev–Trinajstić information content (AvgIpc) is 2.10. The van der Waals surface area contributed by atoms with Crippen molar-refractivity contribution in [1.82, 2.24) is 0 Å². The van der Waals surface area contributed by atoms with Crippen LogP contribution in [0.1, 0.15) is 34.6 Å². The van der Waals surface area contributed by atoms with Crippen molar-refractivity contribution in [1.29, 1.82) is 0 Å². The minimum atomic E-state index is -1.21. The maximum Gasteiger partial charge on any atom is 0.303 e. The molecule has 3 nitrogen and oxygen atoms in total. The second-order valence-electron chi connectivity index (χ2n) is 5.37. The predicted molar refractivity (Wildman–Crippen MR) is 69.7 cm³/mol. The van der Waals surface area contributed by atoms with Gasteiger partial charge in [0, 0.05) is 6.92 Å². The van der Waals surface area contributed by atoms with E-state index in [-0.39, 0.29) is 11.2 Å². The van der Waals surface area contributed by atoms with E-state index in [9.17, 15) is 9.59 Å². The zero-order chi connectivity index (χ0) is 13.4. The third-order valence-corrected chi connectivity index (χ3v) is 3.19. The Morgan fingerprint density at radius 3 is 2.35 bits per heavy atom. The minimum Gasteiger partial charge on any atom is -0.447 e. The van der Waals surface area contributed by atoms with Crippen LogP contribution >= 0.6 is 15.9 Å². The van der Waals surface area contributed by atoms with E-state index in [4.69, 9.17) is 4.74 Å². The zero-order valence-corrected chi connectivity index (χ0v) is 12.3. The van der Waals surface area contributed by atoms with Gasteiger partial charge in [0.05, 0.1) is 4.48 Å². The fraction of sp³-hybridized carbons (Fsp3) is 0.538. The number of carbonyl (C=O) groups is 2. The Labute approximate surface area is 110 Å². The second-order valence-corrected chi connectivity index (χ2v) is 6.23. The molecule has 0 bridgehead atoms. The van der Waals surface area contributed by atoms with Gasteiger partial charge in [-0.3, -0.25) is 9.59 Å². The molecule has 1 unspecified atom stereocenters. The second kappa shape index (κ2) is 4.41. The summed E-state index contributed by atoms with van der Waals surface area (Å²) in [6.07, 6.45) is 3.51. The minimum absolute atomic E-state index is 0.110. The van der Waals surface area contributed by atoms with E-state index < -0.39 is 11.6 Å². The van der Waals surface area contributed by atoms with Crippen LogP contribution in [0.2, 0.25) is 0 Å². The number of allylic oxidation sites excluding steroid dienone is 2. The largest absolute Gasteiger partial charge is 0.447 e. The number of carbonyl (C=O) groups excluding carboxylic acids is 2. The van der Waals surface area contributed by atoms with Gasteiger partial charge in [-0.15, -0.1) is 0 Å². The molecule has 17 heavy (non-hydrogen) atoms. The standard InChI is InChI=1S/C13H17BrO3/c1-8(15)17-13(5)7-9(12(2,3)4)6-10(14)11(13)16/h6-7H,1-5H3. The molecule has 1 rings (SSSR count). The van der Waals surface area contributed by atoms with Gasteiger partial charge in [-0.05, 0) is 46.0 Å². The van der Waals surface area contributed by atoms with E-state index >= 15 is 0 Å². The van der Waals surface area contributed by atoms with Gasteiger partial charge in [0.25, 0.3) is 0 Å². The Hall–Kier alpha value is -0.900. The smallest absolute Gasteiger partial charge is 0.303 e. The van der Waals surface area contributed by atoms with Gasteiger partial charge in [0.15, 0.2) is 5.60 Å². The summed E-state index contributed by atoms with van der Waals surface area (Å²) in [6.45, 7) is 9.03. The Morgan fingerprint density at radius 1 is 1.41 bits per heavy atom. The fourth-order valence-electron chi connectivity index (χ4n) is 1.65. The number of ketones is 1. The molecule has 0 amide bonds. The first-order valence-electron chi connectivity index (χ1n) is 5.41. The van der Waals surface area contributed by atoms with Crippen molar-refractivity contribution in [2.24, 2.45) is 5.41 Å². The third-order valence-electron chi connectivity index (χ3n) is 2.60. The summed E-state index contributed by atoms with van der Waals surface area (Å²) in [7, 11) is 0. The van der Waals surface area contributed by atoms with Crippen molar-refractivity contribution < 1.29 is 14.3 Å². The van der Waals surface area contributed by atoms with Crippen LogP contribution in [-0.4, -0.2) is 17.4 Å². The first kappa shape index (κ1) is 14.2. The monoisotopic (exact) mass is 300 g/mol. The van der Waals surface area contributed by atoms with Crippen LogP contribution in [0.4, 0.5) is 0 Å². The van der Waals surface area contributed by atoms with Crippen LogP contribution in [0.3, 0.4) is 0 Å². The number of ether oxygens (including phenoxy) is 1. The SMILES string of the molecule is CC(=O)OC1(C)C=C(C(C)(C)C)C=C(Br)C1=O. The lowest BCUT2D eigenvalue weighted by Gasteiger charge is -2.32. The van der Waals surface area contributed by atoms with E-state index in [1.54, 1.807) is 19.1 Å². The molecule has 0 aliphatic heterocycles. The molecule has 0 aromatic carbocycles. The summed E-state index contributed by atoms with van der Waals surface area (Å²) in [5.74, 6) is -0.701. The molecule has 0 aromatic rings. The highest BCUT2D eigenvalue weighted by Crippen LogP contribution is 2.37. The summed E-state index contributed by atoms with van der Waals surface area (Å²) in [6, 6.07) is 0. The zero-order valence-electron chi connectivity index (χ0n) is 10.8. The molecule has 1 aliphatic rings. The van der Waals surface area contributed by atoms with Gasteiger partial charge in [-0.2, -0.15) is 0 Å². The molecule has 94 valence electrons. The van der Waals surface area contributed by atoms with Crippen molar-refractivity contribution in [3.63, 3.8) is 0 Å². The number of Topliss-reactive ketones (excluding diaryl/α,β-unsaturated/α-hetero) is 1. The summed E-state index contributed by atoms with van der Waals surface area (Å²) < 4.78 is 5.59. The van der Waals surface area contributed by atoms with Crippen molar-refractivity contribution in [2.75, 3.05) is 0 Å². The number of esters is 1. The van der Waals surface area contributed by atoms with Crippen LogP contribution < -0.4 is 0 Å². The fourth-order valence-corrected chi connectivity index (χ4v) is 2.29. The molecule has 0 N–H and O–H groups in total. The molecule has 0 radical (unpaired) electrons. The lowest BCUT2D eigenvalue weighted by atomic mass is 9.79. The van der Waals surface area contributed by atoms with Crippen molar-refractivity contribution in [3.05, 3.63) is 22.2 Å². The first-order chi connectivity index (χ1) is 7.56. The maximum absolute atomic E-state index is 12.0. The summed E-state index contributed by atoms with van der Waals surface area (Å²) in [4.78, 5) is 23.1. The van der Waals surface area contributed by atoms with Gasteiger partial charge < -0.3 is 4.74 Å². The van der Waals surface area contributed by atoms with Crippen LogP contribution in [-0.2, 0) is 14.3 Å². The molecule has 0 heterocycles. The molecular formula is C13H17BrO3. The van der Waals surface area contributed by atoms with E-state index in [0.717, 1.165) is 5.57 Å². The number of hydrogen-bond donors (Lipinski definition) is 0. The number of rotatable bonds is 1. The molecular weight excluding hydrogens is 284 g/mol. The molecule has 1 atom stereocenters. The van der Waals surface area contributed by atoms with Crippen molar-refractivity contribution >= 4 is 27.7 Å². The van der Waals surface area contributed by atoms with Crippen molar-refractivity contribution in [2.45, 2.75) is 40.2 Å². The van der Waals surface area contributed by atoms with Crippen molar-refractivity contribution in [3.8, 4) is 0 Å². The highest BCUT2D eigenvalue weighted by molar-refractivity contribution is 9.12. The molecule has 1 aliphatic carbocycles.